The molecule has 84 valence electrons. The van der Waals surface area contributed by atoms with Gasteiger partial charge in [-0.3, -0.25) is 4.79 Å². The highest BCUT2D eigenvalue weighted by Gasteiger charge is 2.01. The summed E-state index contributed by atoms with van der Waals surface area (Å²) in [5.74, 6) is 0.0484. The standard InChI is InChI=1S/C11H18N2O2/c1-13-6-5-10(9-13)8-12-11(15)4-2-3-7-14/h5-6,9,14H,2-4,7-8H2,1H3,(H,12,15). The molecule has 0 unspecified atom stereocenters. The van der Waals surface area contributed by atoms with E-state index in [4.69, 9.17) is 5.11 Å². The molecule has 0 aromatic carbocycles. The predicted molar refractivity (Wildman–Crippen MR) is 58.2 cm³/mol. The number of rotatable bonds is 6. The van der Waals surface area contributed by atoms with Gasteiger partial charge in [0.1, 0.15) is 0 Å². The summed E-state index contributed by atoms with van der Waals surface area (Å²) in [6.07, 6.45) is 5.87. The number of aliphatic hydroxyl groups excluding tert-OH is 1. The lowest BCUT2D eigenvalue weighted by Gasteiger charge is -2.02. The van der Waals surface area contributed by atoms with Gasteiger partial charge in [-0.15, -0.1) is 0 Å². The molecule has 0 fully saturated rings. The maximum atomic E-state index is 11.3. The van der Waals surface area contributed by atoms with Gasteiger partial charge in [-0.05, 0) is 24.5 Å². The SMILES string of the molecule is Cn1ccc(CNC(=O)CCCCO)c1. The number of carbonyl (C=O) groups excluding carboxylic acids is 1. The first-order valence-corrected chi connectivity index (χ1v) is 5.21. The van der Waals surface area contributed by atoms with E-state index in [1.807, 2.05) is 30.1 Å². The lowest BCUT2D eigenvalue weighted by molar-refractivity contribution is -0.121. The van der Waals surface area contributed by atoms with E-state index >= 15 is 0 Å². The molecular weight excluding hydrogens is 192 g/mol. The van der Waals surface area contributed by atoms with Crippen molar-refractivity contribution in [2.24, 2.45) is 7.05 Å². The van der Waals surface area contributed by atoms with Crippen molar-refractivity contribution in [3.05, 3.63) is 24.0 Å². The number of unbranched alkanes of at least 4 members (excludes halogenated alkanes) is 1. The van der Waals surface area contributed by atoms with Crippen LogP contribution in [0.1, 0.15) is 24.8 Å². The second-order valence-corrected chi connectivity index (χ2v) is 3.64. The third-order valence-corrected chi connectivity index (χ3v) is 2.19. The Hall–Kier alpha value is -1.29. The van der Waals surface area contributed by atoms with Crippen molar-refractivity contribution < 1.29 is 9.90 Å². The second kappa shape index (κ2) is 6.24. The number of carbonyl (C=O) groups is 1. The Kier molecular flexibility index (Phi) is 4.90. The van der Waals surface area contributed by atoms with Gasteiger partial charge in [0, 0.05) is 39.0 Å². The van der Waals surface area contributed by atoms with Crippen molar-refractivity contribution in [2.45, 2.75) is 25.8 Å². The first-order chi connectivity index (χ1) is 7.22. The van der Waals surface area contributed by atoms with Crippen molar-refractivity contribution >= 4 is 5.91 Å². The molecule has 0 spiro atoms. The van der Waals surface area contributed by atoms with E-state index in [9.17, 15) is 4.79 Å². The molecule has 0 aliphatic carbocycles. The van der Waals surface area contributed by atoms with Crippen LogP contribution in [0.5, 0.6) is 0 Å². The van der Waals surface area contributed by atoms with Crippen molar-refractivity contribution in [1.29, 1.82) is 0 Å². The minimum atomic E-state index is 0.0484. The van der Waals surface area contributed by atoms with Gasteiger partial charge in [0.25, 0.3) is 0 Å². The fourth-order valence-corrected chi connectivity index (χ4v) is 1.35. The van der Waals surface area contributed by atoms with Gasteiger partial charge in [-0.2, -0.15) is 0 Å². The van der Waals surface area contributed by atoms with Crippen molar-refractivity contribution in [3.8, 4) is 0 Å². The number of aliphatic hydroxyl groups is 1. The molecule has 0 aliphatic rings. The molecule has 0 saturated heterocycles. The van der Waals surface area contributed by atoms with Gasteiger partial charge in [0.15, 0.2) is 0 Å². The normalized spacial score (nSPS) is 10.3. The zero-order valence-corrected chi connectivity index (χ0v) is 9.07. The van der Waals surface area contributed by atoms with Crippen LogP contribution in [0.3, 0.4) is 0 Å². The molecule has 15 heavy (non-hydrogen) atoms. The third kappa shape index (κ3) is 4.65. The fraction of sp³-hybridized carbons (Fsp3) is 0.545. The zero-order chi connectivity index (χ0) is 11.1. The summed E-state index contributed by atoms with van der Waals surface area (Å²) in [6, 6.07) is 1.98. The van der Waals surface area contributed by atoms with Crippen LogP contribution in [0.4, 0.5) is 0 Å². The summed E-state index contributed by atoms with van der Waals surface area (Å²) in [4.78, 5) is 11.3. The Morgan fingerprint density at radius 3 is 2.93 bits per heavy atom. The minimum Gasteiger partial charge on any atom is -0.396 e. The van der Waals surface area contributed by atoms with Crippen LogP contribution in [0.2, 0.25) is 0 Å². The molecule has 0 radical (unpaired) electrons. The van der Waals surface area contributed by atoms with Crippen molar-refractivity contribution in [2.75, 3.05) is 6.61 Å². The largest absolute Gasteiger partial charge is 0.396 e. The molecule has 1 aromatic heterocycles. The molecular formula is C11H18N2O2. The quantitative estimate of drug-likeness (QED) is 0.682. The van der Waals surface area contributed by atoms with Crippen LogP contribution < -0.4 is 5.32 Å². The molecule has 0 saturated carbocycles. The molecule has 0 atom stereocenters. The highest BCUT2D eigenvalue weighted by molar-refractivity contribution is 5.75. The average molecular weight is 210 g/mol. The Morgan fingerprint density at radius 2 is 2.33 bits per heavy atom. The second-order valence-electron chi connectivity index (χ2n) is 3.64. The topological polar surface area (TPSA) is 54.3 Å². The molecule has 1 rings (SSSR count). The molecule has 2 N–H and O–H groups in total. The number of aryl methyl sites for hydroxylation is 1. The van der Waals surface area contributed by atoms with Gasteiger partial charge >= 0.3 is 0 Å². The summed E-state index contributed by atoms with van der Waals surface area (Å²) >= 11 is 0. The van der Waals surface area contributed by atoms with E-state index in [0.717, 1.165) is 12.0 Å². The van der Waals surface area contributed by atoms with Crippen molar-refractivity contribution in [3.63, 3.8) is 0 Å². The summed E-state index contributed by atoms with van der Waals surface area (Å²) < 4.78 is 1.95. The van der Waals surface area contributed by atoms with E-state index in [1.165, 1.54) is 0 Å². The Labute approximate surface area is 89.9 Å². The number of hydrogen-bond acceptors (Lipinski definition) is 2. The third-order valence-electron chi connectivity index (χ3n) is 2.19. The van der Waals surface area contributed by atoms with Crippen molar-refractivity contribution in [1.82, 2.24) is 9.88 Å². The van der Waals surface area contributed by atoms with Gasteiger partial charge in [-0.1, -0.05) is 0 Å². The molecule has 1 amide bonds. The number of amides is 1. The summed E-state index contributed by atoms with van der Waals surface area (Å²) in [5.41, 5.74) is 1.10. The molecule has 1 aromatic rings. The van der Waals surface area contributed by atoms with Crippen LogP contribution in [0.25, 0.3) is 0 Å². The average Bonchev–Trinajstić information content (AvgIpc) is 2.62. The molecule has 0 aliphatic heterocycles. The van der Waals surface area contributed by atoms with E-state index < -0.39 is 0 Å². The maximum absolute atomic E-state index is 11.3. The van der Waals surface area contributed by atoms with E-state index in [-0.39, 0.29) is 12.5 Å². The smallest absolute Gasteiger partial charge is 0.220 e. The fourth-order valence-electron chi connectivity index (χ4n) is 1.35. The monoisotopic (exact) mass is 210 g/mol. The highest BCUT2D eigenvalue weighted by atomic mass is 16.2. The molecule has 4 heteroatoms. The van der Waals surface area contributed by atoms with Gasteiger partial charge < -0.3 is 15.0 Å². The lowest BCUT2D eigenvalue weighted by atomic mass is 10.2. The number of hydrogen-bond donors (Lipinski definition) is 2. The number of aromatic nitrogens is 1. The molecule has 0 bridgehead atoms. The van der Waals surface area contributed by atoms with Crippen LogP contribution >= 0.6 is 0 Å². The first kappa shape index (κ1) is 11.8. The first-order valence-electron chi connectivity index (χ1n) is 5.21. The Morgan fingerprint density at radius 1 is 1.53 bits per heavy atom. The minimum absolute atomic E-state index is 0.0484. The van der Waals surface area contributed by atoms with E-state index in [0.29, 0.717) is 19.4 Å². The summed E-state index contributed by atoms with van der Waals surface area (Å²) in [6.45, 7) is 0.741. The van der Waals surface area contributed by atoms with E-state index in [2.05, 4.69) is 5.32 Å². The Balaban J connectivity index is 2.16. The van der Waals surface area contributed by atoms with E-state index in [1.54, 1.807) is 0 Å². The predicted octanol–water partition coefficient (Wildman–Crippen LogP) is 0.804. The number of nitrogens with one attached hydrogen (secondary N) is 1. The molecule has 1 heterocycles. The van der Waals surface area contributed by atoms with Gasteiger partial charge in [0.05, 0.1) is 0 Å². The summed E-state index contributed by atoms with van der Waals surface area (Å²) in [5, 5.41) is 11.4. The van der Waals surface area contributed by atoms with Gasteiger partial charge in [0.2, 0.25) is 5.91 Å². The highest BCUT2D eigenvalue weighted by Crippen LogP contribution is 1.99. The zero-order valence-electron chi connectivity index (χ0n) is 9.07. The van der Waals surface area contributed by atoms with Crippen LogP contribution in [0.15, 0.2) is 18.5 Å². The Bertz CT molecular complexity index is 307. The van der Waals surface area contributed by atoms with Crippen LogP contribution in [-0.4, -0.2) is 22.2 Å². The van der Waals surface area contributed by atoms with Crippen LogP contribution in [-0.2, 0) is 18.4 Å². The van der Waals surface area contributed by atoms with Crippen LogP contribution in [0, 0.1) is 0 Å². The molecule has 4 nitrogen and oxygen atoms in total. The summed E-state index contributed by atoms with van der Waals surface area (Å²) in [7, 11) is 1.95. The maximum Gasteiger partial charge on any atom is 0.220 e. The van der Waals surface area contributed by atoms with Gasteiger partial charge in [-0.25, -0.2) is 0 Å². The number of nitrogens with zero attached hydrogens (tertiary/aromatic N) is 1. The lowest BCUT2D eigenvalue weighted by Crippen LogP contribution is -2.22.